The number of aliphatic imine (C=N–C) groups is 1. The van der Waals surface area contributed by atoms with E-state index >= 15 is 0 Å². The first-order valence-corrected chi connectivity index (χ1v) is 11.0. The Hall–Kier alpha value is -1.89. The van der Waals surface area contributed by atoms with Gasteiger partial charge in [-0.15, -0.1) is 0 Å². The molecule has 0 spiro atoms. The van der Waals surface area contributed by atoms with Crippen LogP contribution in [0.15, 0.2) is 64.5 Å². The summed E-state index contributed by atoms with van der Waals surface area (Å²) in [5, 5.41) is 0. The number of amidine groups is 1. The van der Waals surface area contributed by atoms with E-state index in [-0.39, 0.29) is 16.5 Å². The van der Waals surface area contributed by atoms with Crippen molar-refractivity contribution in [1.29, 1.82) is 0 Å². The lowest BCUT2D eigenvalue weighted by Crippen LogP contribution is -2.52. The third-order valence-electron chi connectivity index (χ3n) is 4.61. The number of ketones is 1. The highest BCUT2D eigenvalue weighted by molar-refractivity contribution is 7.89. The summed E-state index contributed by atoms with van der Waals surface area (Å²) >= 11 is 12.1. The molecule has 1 atom stereocenters. The minimum atomic E-state index is -4.11. The summed E-state index contributed by atoms with van der Waals surface area (Å²) in [5.41, 5.74) is 0.267. The third kappa shape index (κ3) is 3.69. The zero-order valence-corrected chi connectivity index (χ0v) is 18.0. The van der Waals surface area contributed by atoms with Gasteiger partial charge in [-0.3, -0.25) is 9.79 Å². The fourth-order valence-electron chi connectivity index (χ4n) is 3.24. The van der Waals surface area contributed by atoms with Crippen LogP contribution < -0.4 is 0 Å². The third-order valence-corrected chi connectivity index (χ3v) is 6.79. The lowest BCUT2D eigenvalue weighted by atomic mass is 9.90. The Bertz CT molecular complexity index is 1020. The summed E-state index contributed by atoms with van der Waals surface area (Å²) < 4.78 is 27.9. The number of sulfonamides is 1. The van der Waals surface area contributed by atoms with Crippen LogP contribution in [0.2, 0.25) is 0 Å². The number of carbonyl (C=O) groups excluding carboxylic acids is 1. The fourth-order valence-corrected chi connectivity index (χ4v) is 5.40. The van der Waals surface area contributed by atoms with Crippen LogP contribution in [0.4, 0.5) is 0 Å². The normalized spacial score (nSPS) is 19.0. The number of hydrogen-bond acceptors (Lipinski definition) is 4. The van der Waals surface area contributed by atoms with E-state index in [1.165, 1.54) is 12.1 Å². The Morgan fingerprint density at radius 3 is 2.18 bits per heavy atom. The molecule has 28 heavy (non-hydrogen) atoms. The van der Waals surface area contributed by atoms with E-state index in [0.717, 1.165) is 9.87 Å². The summed E-state index contributed by atoms with van der Waals surface area (Å²) in [4.78, 5) is 16.6. The second-order valence-electron chi connectivity index (χ2n) is 7.17. The molecule has 1 heterocycles. The molecule has 0 aliphatic carbocycles. The Kier molecular flexibility index (Phi) is 5.58. The monoisotopic (exact) mass is 438 g/mol. The minimum absolute atomic E-state index is 0.0448. The van der Waals surface area contributed by atoms with E-state index in [1.807, 2.05) is 6.92 Å². The molecule has 5 nitrogen and oxygen atoms in total. The Balaban J connectivity index is 2.16. The Labute approximate surface area is 175 Å². The molecule has 8 heteroatoms. The first kappa shape index (κ1) is 20.8. The molecule has 0 bridgehead atoms. The average molecular weight is 439 g/mol. The molecular formula is C20H20Cl2N2O3S. The molecule has 0 N–H and O–H groups in total. The van der Waals surface area contributed by atoms with Gasteiger partial charge in [-0.05, 0) is 32.9 Å². The summed E-state index contributed by atoms with van der Waals surface area (Å²) in [5.74, 6) is -0.419. The standard InChI is InChI=1S/C20H20Cl2N2O3S/c1-13-9-11-15(12-10-13)28(26,27)24-17(16(25)14-7-5-4-6-8-14)20(2,3)23-19(24)18(21)22/h4-12,17-18H,1-3H3/t17-/m0/s1. The van der Waals surface area contributed by atoms with Crippen molar-refractivity contribution in [3.8, 4) is 0 Å². The quantitative estimate of drug-likeness (QED) is 0.517. The summed E-state index contributed by atoms with van der Waals surface area (Å²) in [6, 6.07) is 13.8. The second-order valence-corrected chi connectivity index (χ2v) is 10.1. The Morgan fingerprint density at radius 1 is 1.07 bits per heavy atom. The van der Waals surface area contributed by atoms with Crippen molar-refractivity contribution in [2.75, 3.05) is 0 Å². The number of hydrogen-bond donors (Lipinski definition) is 0. The molecule has 2 aromatic carbocycles. The minimum Gasteiger partial charge on any atom is -0.292 e. The van der Waals surface area contributed by atoms with Crippen LogP contribution in [0.25, 0.3) is 0 Å². The average Bonchev–Trinajstić information content (AvgIpc) is 2.94. The lowest BCUT2D eigenvalue weighted by Gasteiger charge is -2.32. The molecular weight excluding hydrogens is 419 g/mol. The van der Waals surface area contributed by atoms with Gasteiger partial charge in [0.1, 0.15) is 11.9 Å². The van der Waals surface area contributed by atoms with Gasteiger partial charge < -0.3 is 0 Å². The van der Waals surface area contributed by atoms with Gasteiger partial charge in [-0.25, -0.2) is 12.7 Å². The molecule has 148 valence electrons. The van der Waals surface area contributed by atoms with Gasteiger partial charge in [-0.2, -0.15) is 0 Å². The predicted molar refractivity (Wildman–Crippen MR) is 112 cm³/mol. The highest BCUT2D eigenvalue weighted by atomic mass is 35.5. The predicted octanol–water partition coefficient (Wildman–Crippen LogP) is 4.23. The van der Waals surface area contributed by atoms with Crippen molar-refractivity contribution in [2.24, 2.45) is 4.99 Å². The van der Waals surface area contributed by atoms with Gasteiger partial charge in [0.05, 0.1) is 10.4 Å². The topological polar surface area (TPSA) is 66.8 Å². The number of carbonyl (C=O) groups is 1. The molecule has 0 saturated carbocycles. The summed E-state index contributed by atoms with van der Waals surface area (Å²) in [6.07, 6.45) is 0. The van der Waals surface area contributed by atoms with Crippen molar-refractivity contribution >= 4 is 44.8 Å². The number of alkyl halides is 2. The molecule has 1 aliphatic heterocycles. The van der Waals surface area contributed by atoms with Gasteiger partial charge in [-0.1, -0.05) is 71.2 Å². The van der Waals surface area contributed by atoms with Gasteiger partial charge in [0, 0.05) is 5.56 Å². The highest BCUT2D eigenvalue weighted by Crippen LogP contribution is 2.37. The largest absolute Gasteiger partial charge is 0.292 e. The molecule has 1 aliphatic rings. The molecule has 0 saturated heterocycles. The highest BCUT2D eigenvalue weighted by Gasteiger charge is 2.53. The zero-order chi connectivity index (χ0) is 20.7. The molecule has 0 fully saturated rings. The van der Waals surface area contributed by atoms with Crippen LogP contribution in [0.5, 0.6) is 0 Å². The van der Waals surface area contributed by atoms with Crippen molar-refractivity contribution in [3.63, 3.8) is 0 Å². The number of rotatable bonds is 5. The van der Waals surface area contributed by atoms with E-state index in [2.05, 4.69) is 4.99 Å². The lowest BCUT2D eigenvalue weighted by molar-refractivity contribution is 0.0891. The molecule has 2 aromatic rings. The number of nitrogens with zero attached hydrogens (tertiary/aromatic N) is 2. The first-order valence-electron chi connectivity index (χ1n) is 8.64. The maximum atomic E-state index is 13.5. The molecule has 3 rings (SSSR count). The van der Waals surface area contributed by atoms with Gasteiger partial charge >= 0.3 is 0 Å². The first-order chi connectivity index (χ1) is 13.1. The van der Waals surface area contributed by atoms with Crippen LogP contribution >= 0.6 is 23.2 Å². The Morgan fingerprint density at radius 2 is 1.64 bits per heavy atom. The van der Waals surface area contributed by atoms with E-state index < -0.39 is 26.4 Å². The van der Waals surface area contributed by atoms with Crippen LogP contribution in [-0.4, -0.2) is 40.8 Å². The van der Waals surface area contributed by atoms with Crippen molar-refractivity contribution in [2.45, 2.75) is 42.1 Å². The van der Waals surface area contributed by atoms with Crippen LogP contribution in [-0.2, 0) is 10.0 Å². The fraction of sp³-hybridized carbons (Fsp3) is 0.300. The van der Waals surface area contributed by atoms with Crippen molar-refractivity contribution in [1.82, 2.24) is 4.31 Å². The number of aryl methyl sites for hydroxylation is 1. The van der Waals surface area contributed by atoms with Crippen molar-refractivity contribution < 1.29 is 13.2 Å². The molecule has 0 radical (unpaired) electrons. The van der Waals surface area contributed by atoms with E-state index in [9.17, 15) is 13.2 Å². The molecule has 0 aromatic heterocycles. The van der Waals surface area contributed by atoms with Gasteiger partial charge in [0.2, 0.25) is 0 Å². The number of Topliss-reactive ketones (excluding diaryl/α,β-unsaturated/α-hetero) is 1. The van der Waals surface area contributed by atoms with E-state index in [0.29, 0.717) is 5.56 Å². The maximum absolute atomic E-state index is 13.5. The smallest absolute Gasteiger partial charge is 0.266 e. The van der Waals surface area contributed by atoms with Crippen LogP contribution in [0.3, 0.4) is 0 Å². The van der Waals surface area contributed by atoms with Crippen LogP contribution in [0.1, 0.15) is 29.8 Å². The second kappa shape index (κ2) is 7.50. The number of benzene rings is 2. The van der Waals surface area contributed by atoms with E-state index in [1.54, 1.807) is 56.3 Å². The van der Waals surface area contributed by atoms with Gasteiger partial charge in [0.25, 0.3) is 10.0 Å². The summed E-state index contributed by atoms with van der Waals surface area (Å²) in [6.45, 7) is 5.25. The molecule has 0 amide bonds. The van der Waals surface area contributed by atoms with Gasteiger partial charge in [0.15, 0.2) is 10.6 Å². The maximum Gasteiger partial charge on any atom is 0.266 e. The number of halogens is 2. The summed E-state index contributed by atoms with van der Waals surface area (Å²) in [7, 11) is -4.11. The molecule has 0 unspecified atom stereocenters. The van der Waals surface area contributed by atoms with E-state index in [4.69, 9.17) is 23.2 Å². The van der Waals surface area contributed by atoms with Crippen molar-refractivity contribution in [3.05, 3.63) is 65.7 Å². The van der Waals surface area contributed by atoms with Crippen LogP contribution in [0, 0.1) is 6.92 Å². The SMILES string of the molecule is Cc1ccc(S(=O)(=O)N2C(C(Cl)Cl)=NC(C)(C)[C@@H]2C(=O)c2ccccc2)cc1. The zero-order valence-electron chi connectivity index (χ0n) is 15.6.